The molecule has 0 aliphatic heterocycles. The maximum Gasteiger partial charge on any atom is 0.403 e. The van der Waals surface area contributed by atoms with E-state index in [4.69, 9.17) is 21.1 Å². The molecule has 0 saturated carbocycles. The highest BCUT2D eigenvalue weighted by molar-refractivity contribution is 6.61. The first-order valence-electron chi connectivity index (χ1n) is 8.71. The number of esters is 1. The van der Waals surface area contributed by atoms with E-state index in [9.17, 15) is 9.59 Å². The van der Waals surface area contributed by atoms with Gasteiger partial charge in [0.25, 0.3) is 0 Å². The zero-order valence-electron chi connectivity index (χ0n) is 15.2. The largest absolute Gasteiger partial charge is 0.494 e. The number of benzene rings is 1. The van der Waals surface area contributed by atoms with Crippen molar-refractivity contribution in [3.05, 3.63) is 48.2 Å². The van der Waals surface area contributed by atoms with Gasteiger partial charge in [-0.15, -0.1) is 0 Å². The molecule has 0 atom stereocenters. The number of aromatic nitrogens is 1. The molecule has 1 heterocycles. The van der Waals surface area contributed by atoms with Crippen LogP contribution in [0.5, 0.6) is 5.75 Å². The third-order valence-electron chi connectivity index (χ3n) is 3.80. The summed E-state index contributed by atoms with van der Waals surface area (Å²) in [6, 6.07) is 12.8. The summed E-state index contributed by atoms with van der Waals surface area (Å²) in [6.07, 6.45) is 3.60. The number of hydrogen-bond donors (Lipinski definition) is 0. The zero-order chi connectivity index (χ0) is 19.5. The maximum absolute atomic E-state index is 11.6. The van der Waals surface area contributed by atoms with E-state index in [0.717, 1.165) is 37.0 Å². The van der Waals surface area contributed by atoms with Gasteiger partial charge in [-0.25, -0.2) is 14.6 Å². The van der Waals surface area contributed by atoms with Gasteiger partial charge in [-0.1, -0.05) is 18.2 Å². The van der Waals surface area contributed by atoms with Gasteiger partial charge in [0.1, 0.15) is 11.4 Å². The number of pyridine rings is 1. The van der Waals surface area contributed by atoms with E-state index in [1.807, 2.05) is 30.3 Å². The van der Waals surface area contributed by atoms with Gasteiger partial charge in [-0.3, -0.25) is 0 Å². The van der Waals surface area contributed by atoms with Crippen LogP contribution in [0.25, 0.3) is 11.3 Å². The van der Waals surface area contributed by atoms with Gasteiger partial charge in [0.15, 0.2) is 0 Å². The molecule has 144 valence electrons. The summed E-state index contributed by atoms with van der Waals surface area (Å²) in [5, 5.41) is 0. The minimum Gasteiger partial charge on any atom is -0.494 e. The third-order valence-corrected chi connectivity index (χ3v) is 3.91. The second kappa shape index (κ2) is 11.2. The van der Waals surface area contributed by atoms with Gasteiger partial charge in [0.2, 0.25) is 0 Å². The highest BCUT2D eigenvalue weighted by Gasteiger charge is 2.09. The Balaban J connectivity index is 1.82. The first kappa shape index (κ1) is 20.7. The van der Waals surface area contributed by atoms with E-state index >= 15 is 0 Å². The Labute approximate surface area is 163 Å². The minimum absolute atomic E-state index is 0.265. The van der Waals surface area contributed by atoms with E-state index in [1.165, 1.54) is 7.11 Å². The van der Waals surface area contributed by atoms with Crippen molar-refractivity contribution in [2.75, 3.05) is 20.3 Å². The molecule has 2 aromatic rings. The van der Waals surface area contributed by atoms with Gasteiger partial charge in [-0.2, -0.15) is 0 Å². The van der Waals surface area contributed by atoms with Gasteiger partial charge >= 0.3 is 11.4 Å². The zero-order valence-corrected chi connectivity index (χ0v) is 15.9. The second-order valence-electron chi connectivity index (χ2n) is 5.78. The third kappa shape index (κ3) is 7.27. The second-order valence-corrected chi connectivity index (χ2v) is 6.08. The van der Waals surface area contributed by atoms with Crippen LogP contribution in [-0.2, 0) is 9.47 Å². The molecule has 0 radical (unpaired) electrons. The van der Waals surface area contributed by atoms with Crippen LogP contribution >= 0.6 is 11.6 Å². The summed E-state index contributed by atoms with van der Waals surface area (Å²) < 4.78 is 15.2. The lowest BCUT2D eigenvalue weighted by molar-refractivity contribution is 0.0594. The molecule has 6 nitrogen and oxygen atoms in total. The fraction of sp³-hybridized carbons (Fsp3) is 0.350. The predicted octanol–water partition coefficient (Wildman–Crippen LogP) is 4.85. The molecule has 0 aliphatic rings. The highest BCUT2D eigenvalue weighted by atomic mass is 35.5. The van der Waals surface area contributed by atoms with Crippen molar-refractivity contribution in [3.63, 3.8) is 0 Å². The predicted molar refractivity (Wildman–Crippen MR) is 102 cm³/mol. The SMILES string of the molecule is COC(=O)c1cccc(-c2cccc(OCCCCCCOC(=O)Cl)c2)n1. The summed E-state index contributed by atoms with van der Waals surface area (Å²) in [4.78, 5) is 26.4. The molecule has 7 heteroatoms. The van der Waals surface area contributed by atoms with Gasteiger partial charge < -0.3 is 14.2 Å². The maximum atomic E-state index is 11.6. The van der Waals surface area contributed by atoms with Crippen LogP contribution in [0.3, 0.4) is 0 Å². The minimum atomic E-state index is -0.759. The number of unbranched alkanes of at least 4 members (excludes halogenated alkanes) is 3. The van der Waals surface area contributed by atoms with Gasteiger partial charge in [0, 0.05) is 17.2 Å². The number of rotatable bonds is 10. The van der Waals surface area contributed by atoms with Crippen LogP contribution in [0.15, 0.2) is 42.5 Å². The van der Waals surface area contributed by atoms with Crippen molar-refractivity contribution < 1.29 is 23.8 Å². The quantitative estimate of drug-likeness (QED) is 0.327. The van der Waals surface area contributed by atoms with E-state index in [2.05, 4.69) is 9.72 Å². The average molecular weight is 392 g/mol. The summed E-state index contributed by atoms with van der Waals surface area (Å²) >= 11 is 5.09. The normalized spacial score (nSPS) is 10.3. The van der Waals surface area contributed by atoms with E-state index in [0.29, 0.717) is 18.9 Å². The van der Waals surface area contributed by atoms with E-state index in [-0.39, 0.29) is 5.69 Å². The first-order valence-corrected chi connectivity index (χ1v) is 9.09. The Kier molecular flexibility index (Phi) is 8.58. The molecule has 0 fully saturated rings. The molecule has 0 bridgehead atoms. The van der Waals surface area contributed by atoms with Crippen molar-refractivity contribution in [1.82, 2.24) is 4.98 Å². The number of carbonyl (C=O) groups excluding carboxylic acids is 2. The number of carbonyl (C=O) groups is 2. The van der Waals surface area contributed by atoms with E-state index < -0.39 is 11.4 Å². The molecule has 0 N–H and O–H groups in total. The molecule has 0 aliphatic carbocycles. The van der Waals surface area contributed by atoms with Crippen LogP contribution in [-0.4, -0.2) is 36.7 Å². The molecule has 0 spiro atoms. The topological polar surface area (TPSA) is 74.7 Å². The number of ether oxygens (including phenoxy) is 3. The average Bonchev–Trinajstić information content (AvgIpc) is 2.69. The summed E-state index contributed by atoms with van der Waals surface area (Å²) in [5.74, 6) is 0.277. The number of hydrogen-bond acceptors (Lipinski definition) is 6. The summed E-state index contributed by atoms with van der Waals surface area (Å²) in [5.41, 5.74) is 1.05. The monoisotopic (exact) mass is 391 g/mol. The number of halogens is 1. The molecule has 0 unspecified atom stereocenters. The Morgan fingerprint density at radius 2 is 1.74 bits per heavy atom. The van der Waals surface area contributed by atoms with E-state index in [1.54, 1.807) is 12.1 Å². The molecular formula is C20H22ClNO5. The van der Waals surface area contributed by atoms with Gasteiger partial charge in [-0.05, 0) is 49.9 Å². The van der Waals surface area contributed by atoms with Crippen LogP contribution < -0.4 is 4.74 Å². The lowest BCUT2D eigenvalue weighted by Crippen LogP contribution is -2.04. The van der Waals surface area contributed by atoms with Crippen molar-refractivity contribution >= 4 is 23.0 Å². The molecule has 0 saturated heterocycles. The molecular weight excluding hydrogens is 370 g/mol. The van der Waals surface area contributed by atoms with Crippen LogP contribution in [0.4, 0.5) is 4.79 Å². The molecule has 2 rings (SSSR count). The lowest BCUT2D eigenvalue weighted by atomic mass is 10.1. The number of nitrogens with zero attached hydrogens (tertiary/aromatic N) is 1. The molecule has 1 aromatic carbocycles. The standard InChI is InChI=1S/C20H22ClNO5/c1-25-19(23)18-11-7-10-17(22-18)15-8-6-9-16(14-15)26-12-4-2-3-5-13-27-20(21)24/h6-11,14H,2-5,12-13H2,1H3. The molecule has 1 aromatic heterocycles. The van der Waals surface area contributed by atoms with Crippen LogP contribution in [0.1, 0.15) is 36.2 Å². The number of methoxy groups -OCH3 is 1. The lowest BCUT2D eigenvalue weighted by Gasteiger charge is -2.09. The van der Waals surface area contributed by atoms with Crippen LogP contribution in [0, 0.1) is 0 Å². The fourth-order valence-corrected chi connectivity index (χ4v) is 2.54. The van der Waals surface area contributed by atoms with Crippen molar-refractivity contribution in [2.24, 2.45) is 0 Å². The first-order chi connectivity index (χ1) is 13.1. The Morgan fingerprint density at radius 1 is 1.00 bits per heavy atom. The van der Waals surface area contributed by atoms with Gasteiger partial charge in [0.05, 0.1) is 26.0 Å². The summed E-state index contributed by atoms with van der Waals surface area (Å²) in [7, 11) is 1.33. The van der Waals surface area contributed by atoms with Crippen molar-refractivity contribution in [3.8, 4) is 17.0 Å². The van der Waals surface area contributed by atoms with Crippen molar-refractivity contribution in [2.45, 2.75) is 25.7 Å². The highest BCUT2D eigenvalue weighted by Crippen LogP contribution is 2.23. The Hall–Kier alpha value is -2.60. The molecule has 0 amide bonds. The van der Waals surface area contributed by atoms with Crippen LogP contribution in [0.2, 0.25) is 0 Å². The fourth-order valence-electron chi connectivity index (χ4n) is 2.46. The smallest absolute Gasteiger partial charge is 0.403 e. The molecule has 27 heavy (non-hydrogen) atoms. The Bertz CT molecular complexity index is 766. The van der Waals surface area contributed by atoms with Crippen molar-refractivity contribution in [1.29, 1.82) is 0 Å². The summed E-state index contributed by atoms with van der Waals surface area (Å²) in [6.45, 7) is 0.942. The Morgan fingerprint density at radius 3 is 2.48 bits per heavy atom.